The molecule has 2 N–H and O–H groups in total. The Morgan fingerprint density at radius 1 is 1.28 bits per heavy atom. The van der Waals surface area contributed by atoms with Gasteiger partial charge >= 0.3 is 0 Å². The molecular weight excluding hydrogens is 318 g/mol. The quantitative estimate of drug-likeness (QED) is 0.798. The van der Waals surface area contributed by atoms with Crippen molar-refractivity contribution in [3.63, 3.8) is 0 Å². The van der Waals surface area contributed by atoms with Crippen molar-refractivity contribution in [2.24, 2.45) is 5.41 Å². The molecule has 2 saturated heterocycles. The molecule has 6 nitrogen and oxygen atoms in total. The Kier molecular flexibility index (Phi) is 4.99. The molecule has 136 valence electrons. The van der Waals surface area contributed by atoms with Crippen LogP contribution in [0.5, 0.6) is 5.75 Å². The molecule has 0 aliphatic carbocycles. The van der Waals surface area contributed by atoms with Crippen LogP contribution >= 0.6 is 0 Å². The van der Waals surface area contributed by atoms with Crippen molar-refractivity contribution >= 4 is 11.8 Å². The van der Waals surface area contributed by atoms with E-state index < -0.39 is 5.41 Å². The van der Waals surface area contributed by atoms with Crippen LogP contribution in [0, 0.1) is 5.41 Å². The summed E-state index contributed by atoms with van der Waals surface area (Å²) in [5, 5.41) is 6.12. The van der Waals surface area contributed by atoms with E-state index in [9.17, 15) is 9.59 Å². The fourth-order valence-corrected chi connectivity index (χ4v) is 3.65. The van der Waals surface area contributed by atoms with Gasteiger partial charge in [0.05, 0.1) is 0 Å². The molecule has 0 radical (unpaired) electrons. The maximum atomic E-state index is 12.7. The number of piperazine rings is 1. The van der Waals surface area contributed by atoms with E-state index in [4.69, 9.17) is 4.74 Å². The number of hydrogen-bond acceptors (Lipinski definition) is 4. The second kappa shape index (κ2) is 7.04. The topological polar surface area (TPSA) is 70.7 Å². The Labute approximate surface area is 148 Å². The van der Waals surface area contributed by atoms with Crippen LogP contribution in [0.1, 0.15) is 44.0 Å². The highest BCUT2D eigenvalue weighted by Gasteiger charge is 2.54. The number of ether oxygens (including phenoxy) is 1. The van der Waals surface area contributed by atoms with Crippen LogP contribution in [0.15, 0.2) is 24.3 Å². The number of benzene rings is 1. The fraction of sp³-hybridized carbons (Fsp3) is 0.579. The summed E-state index contributed by atoms with van der Waals surface area (Å²) in [6, 6.07) is 7.40. The molecule has 0 saturated carbocycles. The third kappa shape index (κ3) is 3.11. The van der Waals surface area contributed by atoms with Crippen LogP contribution in [-0.4, -0.2) is 48.6 Å². The van der Waals surface area contributed by atoms with E-state index in [1.165, 1.54) is 0 Å². The lowest BCUT2D eigenvalue weighted by Gasteiger charge is -2.47. The summed E-state index contributed by atoms with van der Waals surface area (Å²) >= 11 is 0. The van der Waals surface area contributed by atoms with Gasteiger partial charge < -0.3 is 20.3 Å². The van der Waals surface area contributed by atoms with Gasteiger partial charge in [-0.1, -0.05) is 13.8 Å². The zero-order valence-electron chi connectivity index (χ0n) is 15.2. The number of amides is 2. The molecule has 0 bridgehead atoms. The molecule has 0 unspecified atom stereocenters. The lowest BCUT2D eigenvalue weighted by atomic mass is 9.73. The monoisotopic (exact) mass is 345 g/mol. The first kappa shape index (κ1) is 17.7. The molecule has 0 aromatic heterocycles. The Balaban J connectivity index is 1.66. The first-order valence-corrected chi connectivity index (χ1v) is 9.11. The molecule has 2 aliphatic heterocycles. The summed E-state index contributed by atoms with van der Waals surface area (Å²) in [5.74, 6) is 0.775. The molecule has 25 heavy (non-hydrogen) atoms. The van der Waals surface area contributed by atoms with Gasteiger partial charge in [0.2, 0.25) is 5.91 Å². The van der Waals surface area contributed by atoms with Crippen molar-refractivity contribution in [2.75, 3.05) is 19.6 Å². The van der Waals surface area contributed by atoms with Crippen LogP contribution in [0.3, 0.4) is 0 Å². The standard InChI is InChI=1S/C19H27N3O3/c1-4-19(5-2)17(24)21-18(19)25-15-8-6-14(7-9-15)16(23)22-11-10-20-12-13(22)3/h6-9,13,18,20H,4-5,10-12H2,1-3H3,(H,21,24)/t13-,18+/m0/s1. The van der Waals surface area contributed by atoms with Crippen LogP contribution < -0.4 is 15.4 Å². The highest BCUT2D eigenvalue weighted by atomic mass is 16.5. The van der Waals surface area contributed by atoms with Gasteiger partial charge in [0, 0.05) is 31.2 Å². The average Bonchev–Trinajstić information content (AvgIpc) is 2.63. The normalized spacial score (nSPS) is 25.1. The molecule has 2 aliphatic rings. The SMILES string of the molecule is CCC1(CC)C(=O)N[C@@H]1Oc1ccc(C(=O)N2CCNC[C@@H]2C)cc1. The predicted molar refractivity (Wildman–Crippen MR) is 95.4 cm³/mol. The summed E-state index contributed by atoms with van der Waals surface area (Å²) < 4.78 is 5.95. The lowest BCUT2D eigenvalue weighted by molar-refractivity contribution is -0.161. The molecule has 2 atom stereocenters. The second-order valence-corrected chi connectivity index (χ2v) is 6.91. The lowest BCUT2D eigenvalue weighted by Crippen LogP contribution is -2.69. The van der Waals surface area contributed by atoms with Crippen molar-refractivity contribution in [1.29, 1.82) is 0 Å². The van der Waals surface area contributed by atoms with Crippen LogP contribution in [0.25, 0.3) is 0 Å². The number of nitrogens with zero attached hydrogens (tertiary/aromatic N) is 1. The van der Waals surface area contributed by atoms with Crippen LogP contribution in [0.4, 0.5) is 0 Å². The Morgan fingerprint density at radius 2 is 1.96 bits per heavy atom. The Hall–Kier alpha value is -2.08. The number of carbonyl (C=O) groups excluding carboxylic acids is 2. The smallest absolute Gasteiger partial charge is 0.254 e. The molecule has 1 aromatic carbocycles. The number of rotatable bonds is 5. The highest BCUT2D eigenvalue weighted by molar-refractivity contribution is 5.94. The number of β-lactam (4-membered cyclic amide) rings is 1. The van der Waals surface area contributed by atoms with Gasteiger partial charge in [0.15, 0.2) is 6.23 Å². The molecule has 1 aromatic rings. The fourth-order valence-electron chi connectivity index (χ4n) is 3.65. The van der Waals surface area contributed by atoms with E-state index >= 15 is 0 Å². The van der Waals surface area contributed by atoms with Crippen LogP contribution in [0.2, 0.25) is 0 Å². The van der Waals surface area contributed by atoms with Crippen molar-refractivity contribution < 1.29 is 14.3 Å². The second-order valence-electron chi connectivity index (χ2n) is 6.91. The van der Waals surface area contributed by atoms with Crippen molar-refractivity contribution in [3.05, 3.63) is 29.8 Å². The number of hydrogen-bond donors (Lipinski definition) is 2. The van der Waals surface area contributed by atoms with Gasteiger partial charge in [-0.3, -0.25) is 9.59 Å². The van der Waals surface area contributed by atoms with Gasteiger partial charge in [0.25, 0.3) is 5.91 Å². The van der Waals surface area contributed by atoms with E-state index in [1.807, 2.05) is 18.7 Å². The zero-order valence-corrected chi connectivity index (χ0v) is 15.2. The molecule has 3 rings (SSSR count). The van der Waals surface area contributed by atoms with E-state index in [2.05, 4.69) is 17.6 Å². The van der Waals surface area contributed by atoms with Crippen molar-refractivity contribution in [1.82, 2.24) is 15.5 Å². The number of nitrogens with one attached hydrogen (secondary N) is 2. The first-order valence-electron chi connectivity index (χ1n) is 9.11. The van der Waals surface area contributed by atoms with Crippen molar-refractivity contribution in [3.8, 4) is 5.75 Å². The summed E-state index contributed by atoms with van der Waals surface area (Å²) in [5.41, 5.74) is 0.223. The molecule has 6 heteroatoms. The molecule has 2 fully saturated rings. The minimum Gasteiger partial charge on any atom is -0.470 e. The van der Waals surface area contributed by atoms with E-state index in [-0.39, 0.29) is 24.1 Å². The van der Waals surface area contributed by atoms with E-state index in [0.29, 0.717) is 11.3 Å². The van der Waals surface area contributed by atoms with Gasteiger partial charge in [-0.2, -0.15) is 0 Å². The Morgan fingerprint density at radius 3 is 2.52 bits per heavy atom. The first-order chi connectivity index (χ1) is 12.0. The van der Waals surface area contributed by atoms with E-state index in [1.54, 1.807) is 24.3 Å². The minimum atomic E-state index is -0.440. The molecular formula is C19H27N3O3. The summed E-state index contributed by atoms with van der Waals surface area (Å²) in [6.07, 6.45) is 1.19. The number of carbonyl (C=O) groups is 2. The summed E-state index contributed by atoms with van der Waals surface area (Å²) in [6.45, 7) is 8.45. The zero-order chi connectivity index (χ0) is 18.0. The molecule has 0 spiro atoms. The third-order valence-corrected chi connectivity index (χ3v) is 5.60. The van der Waals surface area contributed by atoms with Gasteiger partial charge in [-0.05, 0) is 44.0 Å². The van der Waals surface area contributed by atoms with Gasteiger partial charge in [-0.25, -0.2) is 0 Å². The third-order valence-electron chi connectivity index (χ3n) is 5.60. The Bertz CT molecular complexity index is 640. The predicted octanol–water partition coefficient (Wildman–Crippen LogP) is 1.76. The largest absolute Gasteiger partial charge is 0.470 e. The van der Waals surface area contributed by atoms with Crippen LogP contribution in [-0.2, 0) is 4.79 Å². The molecule has 2 heterocycles. The molecule has 2 amide bonds. The average molecular weight is 345 g/mol. The maximum absolute atomic E-state index is 12.7. The van der Waals surface area contributed by atoms with Gasteiger partial charge in [-0.15, -0.1) is 0 Å². The minimum absolute atomic E-state index is 0.0500. The summed E-state index contributed by atoms with van der Waals surface area (Å²) in [4.78, 5) is 26.5. The van der Waals surface area contributed by atoms with Gasteiger partial charge in [0.1, 0.15) is 11.2 Å². The summed E-state index contributed by atoms with van der Waals surface area (Å²) in [7, 11) is 0. The van der Waals surface area contributed by atoms with Crippen molar-refractivity contribution in [2.45, 2.75) is 45.9 Å². The maximum Gasteiger partial charge on any atom is 0.254 e. The highest BCUT2D eigenvalue weighted by Crippen LogP contribution is 2.39. The van der Waals surface area contributed by atoms with E-state index in [0.717, 1.165) is 32.5 Å².